The number of carboxylic acids is 1. The Morgan fingerprint density at radius 3 is 2.61 bits per heavy atom. The van der Waals surface area contributed by atoms with E-state index in [-0.39, 0.29) is 18.6 Å². The first-order valence-corrected chi connectivity index (χ1v) is 11.2. The molecule has 3 aromatic carbocycles. The lowest BCUT2D eigenvalue weighted by Gasteiger charge is -2.32. The van der Waals surface area contributed by atoms with Crippen LogP contribution in [0.3, 0.4) is 0 Å². The minimum absolute atomic E-state index is 0.142. The number of carbonyl (C=O) groups excluding carboxylic acids is 1. The zero-order valence-electron chi connectivity index (χ0n) is 19.0. The zero-order valence-corrected chi connectivity index (χ0v) is 19.0. The molecule has 1 unspecified atom stereocenters. The summed E-state index contributed by atoms with van der Waals surface area (Å²) in [4.78, 5) is 25.9. The molecule has 6 nitrogen and oxygen atoms in total. The predicted octanol–water partition coefficient (Wildman–Crippen LogP) is 5.60. The second-order valence-corrected chi connectivity index (χ2v) is 9.01. The highest BCUT2D eigenvalue weighted by Crippen LogP contribution is 2.30. The number of rotatable bonds is 6. The molecule has 0 bridgehead atoms. The van der Waals surface area contributed by atoms with E-state index < -0.39 is 11.6 Å². The molecule has 0 aliphatic carbocycles. The van der Waals surface area contributed by atoms with Crippen molar-refractivity contribution in [3.05, 3.63) is 77.9 Å². The van der Waals surface area contributed by atoms with Gasteiger partial charge in [-0.25, -0.2) is 9.59 Å². The first-order valence-electron chi connectivity index (χ1n) is 11.2. The molecule has 1 aliphatic rings. The van der Waals surface area contributed by atoms with Gasteiger partial charge in [-0.05, 0) is 66.8 Å². The van der Waals surface area contributed by atoms with Crippen LogP contribution in [0.2, 0.25) is 0 Å². The lowest BCUT2D eigenvalue weighted by Crippen LogP contribution is -2.39. The van der Waals surface area contributed by atoms with E-state index in [1.807, 2.05) is 54.6 Å². The second-order valence-electron chi connectivity index (χ2n) is 9.01. The monoisotopic (exact) mass is 447 g/mol. The van der Waals surface area contributed by atoms with Gasteiger partial charge in [0.05, 0.1) is 0 Å². The molecule has 1 N–H and O–H groups in total. The van der Waals surface area contributed by atoms with Crippen LogP contribution in [-0.4, -0.2) is 40.8 Å². The normalized spacial score (nSPS) is 16.4. The molecule has 0 aromatic heterocycles. The molecule has 1 amide bonds. The minimum atomic E-state index is -1.32. The van der Waals surface area contributed by atoms with E-state index in [0.29, 0.717) is 18.8 Å². The Balaban J connectivity index is 1.38. The van der Waals surface area contributed by atoms with Crippen molar-refractivity contribution < 1.29 is 24.2 Å². The number of aliphatic carboxylic acids is 1. The van der Waals surface area contributed by atoms with Crippen LogP contribution in [-0.2, 0) is 16.1 Å². The first kappa shape index (κ1) is 22.6. The van der Waals surface area contributed by atoms with Gasteiger partial charge in [0.25, 0.3) is 0 Å². The summed E-state index contributed by atoms with van der Waals surface area (Å²) < 4.78 is 11.3. The Labute approximate surface area is 193 Å². The average Bonchev–Trinajstić information content (AvgIpc) is 2.82. The van der Waals surface area contributed by atoms with Crippen LogP contribution >= 0.6 is 0 Å². The third-order valence-electron chi connectivity index (χ3n) is 6.07. The Morgan fingerprint density at radius 1 is 1.03 bits per heavy atom. The van der Waals surface area contributed by atoms with Gasteiger partial charge in [0.15, 0.2) is 5.60 Å². The van der Waals surface area contributed by atoms with Gasteiger partial charge in [0.1, 0.15) is 12.4 Å². The van der Waals surface area contributed by atoms with Crippen molar-refractivity contribution in [1.82, 2.24) is 4.90 Å². The van der Waals surface area contributed by atoms with E-state index >= 15 is 0 Å². The lowest BCUT2D eigenvalue weighted by atomic mass is 9.90. The predicted molar refractivity (Wildman–Crippen MR) is 126 cm³/mol. The number of carboxylic acid groups (broad SMARTS) is 1. The van der Waals surface area contributed by atoms with Crippen LogP contribution in [0.4, 0.5) is 4.79 Å². The number of hydrogen-bond acceptors (Lipinski definition) is 4. The van der Waals surface area contributed by atoms with Gasteiger partial charge in [0, 0.05) is 19.0 Å². The van der Waals surface area contributed by atoms with Crippen LogP contribution in [0, 0.1) is 0 Å². The summed E-state index contributed by atoms with van der Waals surface area (Å²) in [7, 11) is 0. The van der Waals surface area contributed by atoms with Gasteiger partial charge < -0.3 is 19.5 Å². The minimum Gasteiger partial charge on any atom is -0.478 e. The fraction of sp³-hybridized carbons (Fsp3) is 0.333. The number of likely N-dealkylation sites (tertiary alicyclic amines) is 1. The summed E-state index contributed by atoms with van der Waals surface area (Å²) in [5.41, 5.74) is 0.672. The molecular formula is C27H29NO5. The molecule has 3 aromatic rings. The van der Waals surface area contributed by atoms with Crippen LogP contribution in [0.5, 0.6) is 5.75 Å². The molecule has 4 rings (SSSR count). The number of ether oxygens (including phenoxy) is 2. The third kappa shape index (κ3) is 5.45. The fourth-order valence-electron chi connectivity index (χ4n) is 4.15. The number of nitrogens with zero attached hydrogens (tertiary/aromatic N) is 1. The molecule has 172 valence electrons. The van der Waals surface area contributed by atoms with E-state index in [0.717, 1.165) is 34.7 Å². The number of piperidine rings is 1. The maximum absolute atomic E-state index is 12.8. The van der Waals surface area contributed by atoms with Crippen molar-refractivity contribution in [1.29, 1.82) is 0 Å². The molecule has 0 radical (unpaired) electrons. The molecule has 0 saturated carbocycles. The topological polar surface area (TPSA) is 76.1 Å². The van der Waals surface area contributed by atoms with Crippen LogP contribution in [0.25, 0.3) is 10.8 Å². The Hall–Kier alpha value is -3.54. The van der Waals surface area contributed by atoms with Gasteiger partial charge in [-0.2, -0.15) is 0 Å². The first-order chi connectivity index (χ1) is 15.8. The maximum Gasteiger partial charge on any atom is 0.410 e. The number of amides is 1. The molecule has 1 fully saturated rings. The molecular weight excluding hydrogens is 418 g/mol. The molecule has 6 heteroatoms. The highest BCUT2D eigenvalue weighted by atomic mass is 16.6. The van der Waals surface area contributed by atoms with E-state index in [2.05, 4.69) is 6.07 Å². The summed E-state index contributed by atoms with van der Waals surface area (Å²) in [6.45, 7) is 4.50. The number of hydrogen-bond donors (Lipinski definition) is 1. The second kappa shape index (κ2) is 9.53. The third-order valence-corrected chi connectivity index (χ3v) is 6.07. The van der Waals surface area contributed by atoms with Crippen LogP contribution in [0.1, 0.15) is 43.7 Å². The van der Waals surface area contributed by atoms with Crippen molar-refractivity contribution in [3.8, 4) is 5.75 Å². The summed E-state index contributed by atoms with van der Waals surface area (Å²) in [5.74, 6) is -0.370. The molecule has 0 spiro atoms. The summed E-state index contributed by atoms with van der Waals surface area (Å²) in [6.07, 6.45) is 1.51. The van der Waals surface area contributed by atoms with Gasteiger partial charge in [-0.1, -0.05) is 48.5 Å². The Kier molecular flexibility index (Phi) is 6.54. The van der Waals surface area contributed by atoms with E-state index in [1.165, 1.54) is 13.8 Å². The smallest absolute Gasteiger partial charge is 0.410 e. The fourth-order valence-corrected chi connectivity index (χ4v) is 4.15. The highest BCUT2D eigenvalue weighted by molar-refractivity contribution is 5.83. The summed E-state index contributed by atoms with van der Waals surface area (Å²) in [5, 5.41) is 11.6. The SMILES string of the molecule is CC(C)(Oc1cccc(C2CCCN(C(=O)OCc3ccc4ccccc4c3)C2)c1)C(=O)O. The largest absolute Gasteiger partial charge is 0.478 e. The van der Waals surface area contributed by atoms with E-state index in [4.69, 9.17) is 9.47 Å². The molecule has 1 saturated heterocycles. The maximum atomic E-state index is 12.8. The lowest BCUT2D eigenvalue weighted by molar-refractivity contribution is -0.152. The Morgan fingerprint density at radius 2 is 1.82 bits per heavy atom. The van der Waals surface area contributed by atoms with Gasteiger partial charge in [-0.3, -0.25) is 0 Å². The van der Waals surface area contributed by atoms with Gasteiger partial charge in [0.2, 0.25) is 0 Å². The van der Waals surface area contributed by atoms with Crippen molar-refractivity contribution in [3.63, 3.8) is 0 Å². The van der Waals surface area contributed by atoms with E-state index in [9.17, 15) is 14.7 Å². The number of fused-ring (bicyclic) bond motifs is 1. The van der Waals surface area contributed by atoms with Crippen molar-refractivity contribution in [2.75, 3.05) is 13.1 Å². The zero-order chi connectivity index (χ0) is 23.4. The van der Waals surface area contributed by atoms with Crippen molar-refractivity contribution in [2.24, 2.45) is 0 Å². The molecule has 1 atom stereocenters. The standard InChI is InChI=1S/C27H29NO5/c1-27(2,25(29)30)33-24-11-5-9-22(16-24)23-10-6-14-28(17-23)26(31)32-18-19-12-13-20-7-3-4-8-21(20)15-19/h3-5,7-9,11-13,15-16,23H,6,10,14,17-18H2,1-2H3,(H,29,30). The van der Waals surface area contributed by atoms with Gasteiger partial charge >= 0.3 is 12.1 Å². The number of carbonyl (C=O) groups is 2. The van der Waals surface area contributed by atoms with Crippen LogP contribution < -0.4 is 4.74 Å². The molecule has 33 heavy (non-hydrogen) atoms. The van der Waals surface area contributed by atoms with Crippen LogP contribution in [0.15, 0.2) is 66.7 Å². The number of benzene rings is 3. The summed E-state index contributed by atoms with van der Waals surface area (Å²) >= 11 is 0. The highest BCUT2D eigenvalue weighted by Gasteiger charge is 2.30. The summed E-state index contributed by atoms with van der Waals surface area (Å²) in [6, 6.07) is 21.7. The van der Waals surface area contributed by atoms with E-state index in [1.54, 1.807) is 11.0 Å². The molecule has 1 heterocycles. The van der Waals surface area contributed by atoms with Crippen molar-refractivity contribution in [2.45, 2.75) is 44.8 Å². The quantitative estimate of drug-likeness (QED) is 0.532. The molecule has 1 aliphatic heterocycles. The van der Waals surface area contributed by atoms with Gasteiger partial charge in [-0.15, -0.1) is 0 Å². The Bertz CT molecular complexity index is 1160. The average molecular weight is 448 g/mol. The van der Waals surface area contributed by atoms with Crippen molar-refractivity contribution >= 4 is 22.8 Å².